The highest BCUT2D eigenvalue weighted by atomic mass is 32.2. The summed E-state index contributed by atoms with van der Waals surface area (Å²) in [6.45, 7) is 1.48. The van der Waals surface area contributed by atoms with Gasteiger partial charge < -0.3 is 5.11 Å². The zero-order valence-corrected chi connectivity index (χ0v) is 16.9. The van der Waals surface area contributed by atoms with Gasteiger partial charge in [0.25, 0.3) is 0 Å². The first-order valence-electron chi connectivity index (χ1n) is 9.00. The SMILES string of the molecule is CCC(C(=O)O)n1nc(-c2ccc(SC)cc2)c(-c2ccc(F)cc2)c1C(F)(F)F. The minimum Gasteiger partial charge on any atom is -0.480 e. The molecular weight excluding hydrogens is 420 g/mol. The molecule has 1 unspecified atom stereocenters. The molecule has 0 amide bonds. The van der Waals surface area contributed by atoms with Crippen LogP contribution in [-0.2, 0) is 11.0 Å². The molecule has 0 saturated heterocycles. The van der Waals surface area contributed by atoms with E-state index in [-0.39, 0.29) is 23.2 Å². The van der Waals surface area contributed by atoms with Crippen molar-refractivity contribution in [2.45, 2.75) is 30.5 Å². The monoisotopic (exact) mass is 438 g/mol. The Hall–Kier alpha value is -2.81. The van der Waals surface area contributed by atoms with Crippen molar-refractivity contribution in [2.75, 3.05) is 6.26 Å². The van der Waals surface area contributed by atoms with Crippen LogP contribution in [0.1, 0.15) is 25.1 Å². The molecule has 0 saturated carbocycles. The zero-order chi connectivity index (χ0) is 22.1. The molecule has 0 fully saturated rings. The summed E-state index contributed by atoms with van der Waals surface area (Å²) in [5.74, 6) is -2.01. The second-order valence-electron chi connectivity index (χ2n) is 6.51. The van der Waals surface area contributed by atoms with Crippen molar-refractivity contribution < 1.29 is 27.5 Å². The Bertz CT molecular complexity index is 1040. The zero-order valence-electron chi connectivity index (χ0n) is 16.1. The molecule has 9 heteroatoms. The first-order valence-corrected chi connectivity index (χ1v) is 10.2. The fourth-order valence-corrected chi connectivity index (χ4v) is 3.63. The van der Waals surface area contributed by atoms with Crippen molar-refractivity contribution in [3.63, 3.8) is 0 Å². The molecule has 30 heavy (non-hydrogen) atoms. The fraction of sp³-hybridized carbons (Fsp3) is 0.238. The number of aliphatic carboxylic acids is 1. The van der Waals surface area contributed by atoms with Crippen LogP contribution < -0.4 is 0 Å². The summed E-state index contributed by atoms with van der Waals surface area (Å²) in [6.07, 6.45) is -3.10. The highest BCUT2D eigenvalue weighted by molar-refractivity contribution is 7.98. The normalized spacial score (nSPS) is 12.7. The van der Waals surface area contributed by atoms with Crippen molar-refractivity contribution in [1.82, 2.24) is 9.78 Å². The third-order valence-electron chi connectivity index (χ3n) is 4.64. The average Bonchev–Trinajstić information content (AvgIpc) is 3.09. The first-order chi connectivity index (χ1) is 14.2. The lowest BCUT2D eigenvalue weighted by Crippen LogP contribution is -2.25. The quantitative estimate of drug-likeness (QED) is 0.371. The molecule has 0 radical (unpaired) electrons. The second-order valence-corrected chi connectivity index (χ2v) is 7.39. The lowest BCUT2D eigenvalue weighted by molar-refractivity contribution is -0.149. The number of hydrogen-bond donors (Lipinski definition) is 1. The highest BCUT2D eigenvalue weighted by Crippen LogP contribution is 2.44. The van der Waals surface area contributed by atoms with Gasteiger partial charge >= 0.3 is 12.1 Å². The minimum atomic E-state index is -4.88. The maximum Gasteiger partial charge on any atom is 0.433 e. The molecule has 0 aliphatic rings. The molecule has 3 rings (SSSR count). The molecule has 0 spiro atoms. The van der Waals surface area contributed by atoms with E-state index in [0.29, 0.717) is 10.2 Å². The van der Waals surface area contributed by atoms with Gasteiger partial charge in [-0.1, -0.05) is 31.2 Å². The van der Waals surface area contributed by atoms with Gasteiger partial charge in [0.1, 0.15) is 17.6 Å². The van der Waals surface area contributed by atoms with Crippen molar-refractivity contribution in [3.05, 3.63) is 60.0 Å². The van der Waals surface area contributed by atoms with Crippen LogP contribution in [0.4, 0.5) is 17.6 Å². The van der Waals surface area contributed by atoms with Crippen molar-refractivity contribution in [2.24, 2.45) is 0 Å². The van der Waals surface area contributed by atoms with E-state index in [4.69, 9.17) is 0 Å². The molecule has 0 aliphatic heterocycles. The second kappa shape index (κ2) is 8.51. The lowest BCUT2D eigenvalue weighted by Gasteiger charge is -2.17. The first kappa shape index (κ1) is 21.9. The molecule has 4 nitrogen and oxygen atoms in total. The van der Waals surface area contributed by atoms with E-state index in [1.165, 1.54) is 30.8 Å². The summed E-state index contributed by atoms with van der Waals surface area (Å²) in [4.78, 5) is 12.6. The van der Waals surface area contributed by atoms with Gasteiger partial charge in [-0.05, 0) is 42.5 Å². The fourth-order valence-electron chi connectivity index (χ4n) is 3.22. The lowest BCUT2D eigenvalue weighted by atomic mass is 9.98. The van der Waals surface area contributed by atoms with Crippen molar-refractivity contribution in [3.8, 4) is 22.4 Å². The van der Waals surface area contributed by atoms with Crippen molar-refractivity contribution >= 4 is 17.7 Å². The van der Waals surface area contributed by atoms with Gasteiger partial charge in [-0.15, -0.1) is 11.8 Å². The maximum atomic E-state index is 14.2. The molecule has 0 aliphatic carbocycles. The van der Waals surface area contributed by atoms with Gasteiger partial charge in [-0.3, -0.25) is 0 Å². The topological polar surface area (TPSA) is 55.1 Å². The number of hydrogen-bond acceptors (Lipinski definition) is 3. The molecule has 2 aromatic carbocycles. The Morgan fingerprint density at radius 3 is 2.13 bits per heavy atom. The van der Waals surface area contributed by atoms with Crippen LogP contribution in [0.2, 0.25) is 0 Å². The van der Waals surface area contributed by atoms with E-state index in [9.17, 15) is 27.5 Å². The number of thioether (sulfide) groups is 1. The third-order valence-corrected chi connectivity index (χ3v) is 5.39. The van der Waals surface area contributed by atoms with Crippen molar-refractivity contribution in [1.29, 1.82) is 0 Å². The Morgan fingerprint density at radius 2 is 1.67 bits per heavy atom. The number of benzene rings is 2. The van der Waals surface area contributed by atoms with E-state index in [0.717, 1.165) is 17.0 Å². The molecular formula is C21H18F4N2O2S. The molecule has 0 bridgehead atoms. The van der Waals surface area contributed by atoms with E-state index in [2.05, 4.69) is 5.10 Å². The van der Waals surface area contributed by atoms with Gasteiger partial charge in [0.05, 0.1) is 0 Å². The summed E-state index contributed by atoms with van der Waals surface area (Å²) in [5.41, 5.74) is -0.969. The number of carboxylic acid groups (broad SMARTS) is 1. The summed E-state index contributed by atoms with van der Waals surface area (Å²) in [5, 5.41) is 13.6. The van der Waals surface area contributed by atoms with Crippen LogP contribution in [0.5, 0.6) is 0 Å². The van der Waals surface area contributed by atoms with Gasteiger partial charge in [0.2, 0.25) is 0 Å². The van der Waals surface area contributed by atoms with Gasteiger partial charge in [-0.25, -0.2) is 13.9 Å². The molecule has 1 heterocycles. The van der Waals surface area contributed by atoms with Crippen LogP contribution in [-0.4, -0.2) is 27.1 Å². The Kier molecular flexibility index (Phi) is 6.21. The van der Waals surface area contributed by atoms with Crippen LogP contribution in [0.15, 0.2) is 53.4 Å². The number of carbonyl (C=O) groups is 1. The highest BCUT2D eigenvalue weighted by Gasteiger charge is 2.43. The molecule has 1 aromatic heterocycles. The van der Waals surface area contributed by atoms with Crippen LogP contribution in [0, 0.1) is 5.82 Å². The van der Waals surface area contributed by atoms with Crippen LogP contribution >= 0.6 is 11.8 Å². The Morgan fingerprint density at radius 1 is 1.10 bits per heavy atom. The Labute approximate surface area is 174 Å². The van der Waals surface area contributed by atoms with Crippen LogP contribution in [0.25, 0.3) is 22.4 Å². The standard InChI is InChI=1S/C21H18F4N2O2S/c1-3-16(20(28)29)27-19(21(23,24)25)17(12-4-8-14(22)9-5-12)18(26-27)13-6-10-15(30-2)11-7-13/h4-11,16H,3H2,1-2H3,(H,28,29). The van der Waals surface area contributed by atoms with E-state index in [1.807, 2.05) is 6.26 Å². The number of aromatic nitrogens is 2. The van der Waals surface area contributed by atoms with Gasteiger partial charge in [0.15, 0.2) is 5.69 Å². The van der Waals surface area contributed by atoms with Gasteiger partial charge in [0, 0.05) is 16.0 Å². The number of halogens is 4. The molecule has 3 aromatic rings. The summed E-state index contributed by atoms with van der Waals surface area (Å²) in [7, 11) is 0. The summed E-state index contributed by atoms with van der Waals surface area (Å²) >= 11 is 1.47. The number of carboxylic acids is 1. The molecule has 1 atom stereocenters. The number of alkyl halides is 3. The predicted octanol–water partition coefficient (Wildman–Crippen LogP) is 6.13. The largest absolute Gasteiger partial charge is 0.480 e. The maximum absolute atomic E-state index is 14.2. The number of nitrogens with zero attached hydrogens (tertiary/aromatic N) is 2. The molecule has 158 valence electrons. The predicted molar refractivity (Wildman–Crippen MR) is 107 cm³/mol. The van der Waals surface area contributed by atoms with E-state index < -0.39 is 29.7 Å². The molecule has 1 N–H and O–H groups in total. The van der Waals surface area contributed by atoms with Gasteiger partial charge in [-0.2, -0.15) is 18.3 Å². The summed E-state index contributed by atoms with van der Waals surface area (Å²) in [6, 6.07) is 9.83. The smallest absolute Gasteiger partial charge is 0.433 e. The third kappa shape index (κ3) is 4.21. The van der Waals surface area contributed by atoms with E-state index >= 15 is 0 Å². The number of rotatable bonds is 6. The minimum absolute atomic E-state index is 0.0127. The van der Waals surface area contributed by atoms with Crippen LogP contribution in [0.3, 0.4) is 0 Å². The average molecular weight is 438 g/mol. The Balaban J connectivity index is 2.38. The summed E-state index contributed by atoms with van der Waals surface area (Å²) < 4.78 is 56.4. The van der Waals surface area contributed by atoms with E-state index in [1.54, 1.807) is 24.3 Å².